The minimum absolute atomic E-state index is 0.447. The van der Waals surface area contributed by atoms with E-state index in [-0.39, 0.29) is 0 Å². The Balaban J connectivity index is 0.000000335. The van der Waals surface area contributed by atoms with Gasteiger partial charge in [0.15, 0.2) is 0 Å². The normalized spacial score (nSPS) is 9.27. The zero-order valence-electron chi connectivity index (χ0n) is 10.6. The van der Waals surface area contributed by atoms with Crippen LogP contribution < -0.4 is 0 Å². The molecule has 12 nitrogen and oxygen atoms in total. The number of non-ortho nitro benzene ring substituents is 1. The molecule has 0 bridgehead atoms. The second kappa shape index (κ2) is 7.18. The van der Waals surface area contributed by atoms with Crippen molar-refractivity contribution in [1.29, 1.82) is 0 Å². The first-order chi connectivity index (χ1) is 10.3. The summed E-state index contributed by atoms with van der Waals surface area (Å²) in [6.45, 7) is 0. The number of benzene rings is 1. The summed E-state index contributed by atoms with van der Waals surface area (Å²) in [6.07, 6.45) is 3.28. The summed E-state index contributed by atoms with van der Waals surface area (Å²) in [6, 6.07) is 4.55. The minimum atomic E-state index is -1.21. The molecule has 0 fully saturated rings. The van der Waals surface area contributed by atoms with Crippen molar-refractivity contribution in [3.05, 3.63) is 67.0 Å². The molecular weight excluding hydrogens is 302 g/mol. The highest BCUT2D eigenvalue weighted by Gasteiger charge is 2.30. The van der Waals surface area contributed by atoms with E-state index in [1.165, 1.54) is 0 Å². The molecule has 0 aliphatic carbocycles. The Morgan fingerprint density at radius 1 is 0.818 bits per heavy atom. The van der Waals surface area contributed by atoms with Crippen molar-refractivity contribution >= 4 is 17.1 Å². The Labute approximate surface area is 121 Å². The molecule has 1 aromatic heterocycles. The van der Waals surface area contributed by atoms with E-state index in [9.17, 15) is 30.3 Å². The topological polar surface area (TPSA) is 175 Å². The van der Waals surface area contributed by atoms with Crippen LogP contribution >= 0.6 is 0 Å². The van der Waals surface area contributed by atoms with E-state index in [2.05, 4.69) is 10.2 Å². The lowest BCUT2D eigenvalue weighted by atomic mass is 10.2. The van der Waals surface area contributed by atoms with Crippen LogP contribution in [0.2, 0.25) is 0 Å². The molecule has 0 saturated carbocycles. The van der Waals surface area contributed by atoms with E-state index in [1.807, 2.05) is 12.1 Å². The molecule has 2 rings (SSSR count). The van der Waals surface area contributed by atoms with Crippen LogP contribution in [-0.4, -0.2) is 30.1 Å². The largest absolute Gasteiger partial charge is 0.497 e. The van der Waals surface area contributed by atoms with Crippen LogP contribution in [-0.2, 0) is 0 Å². The SMILES string of the molecule is O=[N+]([O-])c1cc([N+](=O)[O-])c(O)c([N+](=O)[O-])c1.c1ccnnc1. The lowest BCUT2D eigenvalue weighted by Gasteiger charge is -1.97. The Morgan fingerprint density at radius 2 is 1.23 bits per heavy atom. The van der Waals surface area contributed by atoms with Crippen LogP contribution in [0.25, 0.3) is 0 Å². The van der Waals surface area contributed by atoms with Crippen LogP contribution in [0.15, 0.2) is 36.7 Å². The van der Waals surface area contributed by atoms with Crippen molar-refractivity contribution in [2.24, 2.45) is 0 Å². The fourth-order valence-electron chi connectivity index (χ4n) is 1.23. The molecular formula is C10H7N5O7. The standard InChI is InChI=1S/C6H3N3O7.C4H4N2/c10-6-4(8(13)14)1-3(7(11)12)2-5(6)9(15)16;1-2-4-6-5-3-1/h1-2,10H;1-4H. The van der Waals surface area contributed by atoms with Crippen molar-refractivity contribution in [2.45, 2.75) is 0 Å². The van der Waals surface area contributed by atoms with Crippen molar-refractivity contribution in [2.75, 3.05) is 0 Å². The van der Waals surface area contributed by atoms with Gasteiger partial charge in [0, 0.05) is 12.4 Å². The maximum absolute atomic E-state index is 10.4. The van der Waals surface area contributed by atoms with Crippen molar-refractivity contribution in [1.82, 2.24) is 10.2 Å². The Bertz CT molecular complexity index is 644. The molecule has 22 heavy (non-hydrogen) atoms. The van der Waals surface area contributed by atoms with Crippen molar-refractivity contribution < 1.29 is 19.9 Å². The molecule has 114 valence electrons. The van der Waals surface area contributed by atoms with Crippen molar-refractivity contribution in [3.63, 3.8) is 0 Å². The lowest BCUT2D eigenvalue weighted by Crippen LogP contribution is -1.97. The maximum Gasteiger partial charge on any atom is 0.324 e. The summed E-state index contributed by atoms with van der Waals surface area (Å²) in [5, 5.41) is 47.3. The first kappa shape index (κ1) is 16.4. The van der Waals surface area contributed by atoms with Gasteiger partial charge in [-0.05, 0) is 12.1 Å². The third-order valence-electron chi connectivity index (χ3n) is 2.14. The number of aromatic nitrogens is 2. The van der Waals surface area contributed by atoms with Gasteiger partial charge >= 0.3 is 11.4 Å². The number of aromatic hydroxyl groups is 1. The number of phenols is 1. The van der Waals surface area contributed by atoms with Gasteiger partial charge in [0.2, 0.25) is 0 Å². The summed E-state index contributed by atoms with van der Waals surface area (Å²) in [5.41, 5.74) is -3.00. The predicted octanol–water partition coefficient (Wildman–Crippen LogP) is 1.59. The fourth-order valence-corrected chi connectivity index (χ4v) is 1.23. The highest BCUT2D eigenvalue weighted by Crippen LogP contribution is 2.38. The molecule has 0 radical (unpaired) electrons. The first-order valence-corrected chi connectivity index (χ1v) is 5.36. The number of nitrogens with zero attached hydrogens (tertiary/aromatic N) is 5. The second-order valence-electron chi connectivity index (χ2n) is 3.52. The van der Waals surface area contributed by atoms with E-state index in [0.717, 1.165) is 0 Å². The molecule has 1 heterocycles. The summed E-state index contributed by atoms with van der Waals surface area (Å²) in [5.74, 6) is -1.21. The number of phenolic OH excluding ortho intramolecular Hbond substituents is 1. The number of rotatable bonds is 3. The number of nitro groups is 3. The number of hydrogen-bond donors (Lipinski definition) is 1. The van der Waals surface area contributed by atoms with E-state index in [0.29, 0.717) is 12.1 Å². The smallest absolute Gasteiger partial charge is 0.324 e. The van der Waals surface area contributed by atoms with Gasteiger partial charge in [-0.1, -0.05) is 0 Å². The zero-order valence-corrected chi connectivity index (χ0v) is 10.6. The van der Waals surface area contributed by atoms with Crippen LogP contribution in [0.4, 0.5) is 17.1 Å². The first-order valence-electron chi connectivity index (χ1n) is 5.36. The predicted molar refractivity (Wildman–Crippen MR) is 70.1 cm³/mol. The fraction of sp³-hybridized carbons (Fsp3) is 0. The van der Waals surface area contributed by atoms with Crippen LogP contribution in [0.5, 0.6) is 5.75 Å². The Hall–Kier alpha value is -3.70. The third kappa shape index (κ3) is 4.16. The average Bonchev–Trinajstić information content (AvgIpc) is 2.49. The van der Waals surface area contributed by atoms with Gasteiger partial charge in [0.1, 0.15) is 0 Å². The second-order valence-corrected chi connectivity index (χ2v) is 3.52. The van der Waals surface area contributed by atoms with Crippen LogP contribution in [0.1, 0.15) is 0 Å². The highest BCUT2D eigenvalue weighted by molar-refractivity contribution is 5.64. The Kier molecular flexibility index (Phi) is 5.34. The summed E-state index contributed by atoms with van der Waals surface area (Å²) in [7, 11) is 0. The lowest BCUT2D eigenvalue weighted by molar-refractivity contribution is -0.404. The minimum Gasteiger partial charge on any atom is -0.497 e. The average molecular weight is 309 g/mol. The van der Waals surface area contributed by atoms with Crippen molar-refractivity contribution in [3.8, 4) is 5.75 Å². The third-order valence-corrected chi connectivity index (χ3v) is 2.14. The van der Waals surface area contributed by atoms with Gasteiger partial charge in [0.05, 0.1) is 26.9 Å². The van der Waals surface area contributed by atoms with Crippen LogP contribution in [0.3, 0.4) is 0 Å². The molecule has 0 amide bonds. The molecule has 0 unspecified atom stereocenters. The van der Waals surface area contributed by atoms with Gasteiger partial charge < -0.3 is 5.11 Å². The molecule has 0 atom stereocenters. The molecule has 0 aliphatic rings. The number of hydrogen-bond acceptors (Lipinski definition) is 9. The summed E-state index contributed by atoms with van der Waals surface area (Å²) < 4.78 is 0. The van der Waals surface area contributed by atoms with Gasteiger partial charge in [-0.2, -0.15) is 10.2 Å². The number of nitro benzene ring substituents is 3. The van der Waals surface area contributed by atoms with E-state index >= 15 is 0 Å². The van der Waals surface area contributed by atoms with Gasteiger partial charge in [-0.3, -0.25) is 30.3 Å². The van der Waals surface area contributed by atoms with E-state index < -0.39 is 37.6 Å². The van der Waals surface area contributed by atoms with Gasteiger partial charge in [-0.25, -0.2) is 0 Å². The van der Waals surface area contributed by atoms with E-state index in [4.69, 9.17) is 5.11 Å². The molecule has 0 aliphatic heterocycles. The Morgan fingerprint density at radius 3 is 1.45 bits per heavy atom. The molecule has 1 aromatic carbocycles. The summed E-state index contributed by atoms with van der Waals surface area (Å²) >= 11 is 0. The molecule has 12 heteroatoms. The molecule has 2 aromatic rings. The van der Waals surface area contributed by atoms with Gasteiger partial charge in [0.25, 0.3) is 11.4 Å². The maximum atomic E-state index is 10.4. The quantitative estimate of drug-likeness (QED) is 0.651. The monoisotopic (exact) mass is 309 g/mol. The van der Waals surface area contributed by atoms with Crippen LogP contribution in [0, 0.1) is 30.3 Å². The van der Waals surface area contributed by atoms with Gasteiger partial charge in [-0.15, -0.1) is 0 Å². The summed E-state index contributed by atoms with van der Waals surface area (Å²) in [4.78, 5) is 27.8. The zero-order chi connectivity index (χ0) is 16.7. The van der Waals surface area contributed by atoms with E-state index in [1.54, 1.807) is 12.4 Å². The molecule has 0 saturated heterocycles. The molecule has 1 N–H and O–H groups in total. The molecule has 0 spiro atoms. The highest BCUT2D eigenvalue weighted by atomic mass is 16.6.